The normalized spacial score (nSPS) is 22.0. The lowest BCUT2D eigenvalue weighted by Gasteiger charge is -2.36. The summed E-state index contributed by atoms with van der Waals surface area (Å²) < 4.78 is 13.3. The summed E-state index contributed by atoms with van der Waals surface area (Å²) in [7, 11) is 0. The summed E-state index contributed by atoms with van der Waals surface area (Å²) >= 11 is 0. The number of piperidine rings is 1. The molecule has 0 bridgehead atoms. The number of carbonyl (C=O) groups is 2. The van der Waals surface area contributed by atoms with Crippen LogP contribution in [0.5, 0.6) is 0 Å². The van der Waals surface area contributed by atoms with E-state index >= 15 is 0 Å². The van der Waals surface area contributed by atoms with E-state index in [0.717, 1.165) is 25.9 Å². The summed E-state index contributed by atoms with van der Waals surface area (Å²) in [5, 5.41) is 2.79. The maximum Gasteiger partial charge on any atom is 0.318 e. The Labute approximate surface area is 122 Å². The fourth-order valence-corrected chi connectivity index (χ4v) is 2.67. The molecule has 0 radical (unpaired) electrons. The Balaban J connectivity index is 1.69. The molecule has 2 heterocycles. The van der Waals surface area contributed by atoms with E-state index < -0.39 is 6.04 Å². The average Bonchev–Trinajstić information content (AvgIpc) is 2.39. The molecule has 2 aliphatic heterocycles. The van der Waals surface area contributed by atoms with Gasteiger partial charge in [0.15, 0.2) is 0 Å². The van der Waals surface area contributed by atoms with E-state index in [1.54, 1.807) is 21.9 Å². The summed E-state index contributed by atoms with van der Waals surface area (Å²) in [5.74, 6) is -0.534. The first kappa shape index (κ1) is 13.9. The van der Waals surface area contributed by atoms with E-state index in [1.807, 2.05) is 0 Å². The zero-order valence-electron chi connectivity index (χ0n) is 11.7. The molecular weight excluding hydrogens is 273 g/mol. The van der Waals surface area contributed by atoms with Gasteiger partial charge >= 0.3 is 6.03 Å². The first-order valence-corrected chi connectivity index (χ1v) is 7.27. The first-order chi connectivity index (χ1) is 10.1. The molecule has 0 saturated carbocycles. The second-order valence-electron chi connectivity index (χ2n) is 5.45. The number of hydrogen-bond acceptors (Lipinski definition) is 2. The lowest BCUT2D eigenvalue weighted by Crippen LogP contribution is -2.57. The van der Waals surface area contributed by atoms with Crippen LogP contribution in [-0.2, 0) is 4.79 Å². The van der Waals surface area contributed by atoms with Crippen molar-refractivity contribution in [2.24, 2.45) is 0 Å². The first-order valence-electron chi connectivity index (χ1n) is 7.27. The molecule has 2 aliphatic rings. The Morgan fingerprint density at radius 1 is 1.24 bits per heavy atom. The SMILES string of the molecule is O=C(NC1CCCN(c2cccc(F)c2)C1=O)N1CCC1. The van der Waals surface area contributed by atoms with E-state index in [0.29, 0.717) is 18.7 Å². The highest BCUT2D eigenvalue weighted by Crippen LogP contribution is 2.22. The fourth-order valence-electron chi connectivity index (χ4n) is 2.67. The number of amides is 3. The van der Waals surface area contributed by atoms with Gasteiger partial charge in [0, 0.05) is 25.3 Å². The van der Waals surface area contributed by atoms with Gasteiger partial charge in [-0.05, 0) is 37.5 Å². The van der Waals surface area contributed by atoms with E-state index in [2.05, 4.69) is 5.32 Å². The highest BCUT2D eigenvalue weighted by Gasteiger charge is 2.32. The third kappa shape index (κ3) is 2.84. The number of halogens is 1. The molecule has 21 heavy (non-hydrogen) atoms. The summed E-state index contributed by atoms with van der Waals surface area (Å²) in [6.07, 6.45) is 2.43. The molecular formula is C15H18FN3O2. The van der Waals surface area contributed by atoms with Crippen LogP contribution in [0.2, 0.25) is 0 Å². The van der Waals surface area contributed by atoms with Crippen LogP contribution >= 0.6 is 0 Å². The third-order valence-corrected chi connectivity index (χ3v) is 4.00. The number of nitrogens with zero attached hydrogens (tertiary/aromatic N) is 2. The minimum absolute atomic E-state index is 0.166. The van der Waals surface area contributed by atoms with Gasteiger partial charge in [-0.2, -0.15) is 0 Å². The van der Waals surface area contributed by atoms with Crippen LogP contribution in [0.1, 0.15) is 19.3 Å². The Morgan fingerprint density at radius 3 is 2.71 bits per heavy atom. The van der Waals surface area contributed by atoms with Crippen LogP contribution < -0.4 is 10.2 Å². The third-order valence-electron chi connectivity index (χ3n) is 4.00. The maximum absolute atomic E-state index is 13.3. The molecule has 5 nitrogen and oxygen atoms in total. The standard InChI is InChI=1S/C15H18FN3O2/c16-11-4-1-5-12(10-11)19-9-2-6-13(14(19)20)17-15(21)18-7-3-8-18/h1,4-5,10,13H,2-3,6-9H2,(H,17,21). The van der Waals surface area contributed by atoms with Crippen LogP contribution in [0.3, 0.4) is 0 Å². The van der Waals surface area contributed by atoms with Gasteiger partial charge in [0.2, 0.25) is 5.91 Å². The van der Waals surface area contributed by atoms with Crippen molar-refractivity contribution in [3.05, 3.63) is 30.1 Å². The predicted molar refractivity (Wildman–Crippen MR) is 76.5 cm³/mol. The lowest BCUT2D eigenvalue weighted by molar-refractivity contribution is -0.121. The number of nitrogens with one attached hydrogen (secondary N) is 1. The van der Waals surface area contributed by atoms with Crippen molar-refractivity contribution in [2.75, 3.05) is 24.5 Å². The second kappa shape index (κ2) is 5.71. The molecule has 2 saturated heterocycles. The largest absolute Gasteiger partial charge is 0.326 e. The minimum Gasteiger partial charge on any atom is -0.326 e. The summed E-state index contributed by atoms with van der Waals surface area (Å²) in [5.41, 5.74) is 0.544. The number of likely N-dealkylation sites (tertiary alicyclic amines) is 1. The van der Waals surface area contributed by atoms with Crippen LogP contribution in [0.15, 0.2) is 24.3 Å². The van der Waals surface area contributed by atoms with Gasteiger partial charge in [0.25, 0.3) is 0 Å². The quantitative estimate of drug-likeness (QED) is 0.902. The molecule has 1 aromatic rings. The minimum atomic E-state index is -0.518. The monoisotopic (exact) mass is 291 g/mol. The Hall–Kier alpha value is -2.11. The van der Waals surface area contributed by atoms with Crippen molar-refractivity contribution in [3.8, 4) is 0 Å². The molecule has 1 atom stereocenters. The molecule has 0 aromatic heterocycles. The molecule has 112 valence electrons. The maximum atomic E-state index is 13.3. The predicted octanol–water partition coefficient (Wildman–Crippen LogP) is 1.74. The Morgan fingerprint density at radius 2 is 2.05 bits per heavy atom. The Kier molecular flexibility index (Phi) is 3.77. The summed E-state index contributed by atoms with van der Waals surface area (Å²) in [4.78, 5) is 27.6. The van der Waals surface area contributed by atoms with Crippen molar-refractivity contribution in [2.45, 2.75) is 25.3 Å². The molecule has 2 fully saturated rings. The number of hydrogen-bond donors (Lipinski definition) is 1. The average molecular weight is 291 g/mol. The number of benzene rings is 1. The smallest absolute Gasteiger partial charge is 0.318 e. The number of carbonyl (C=O) groups excluding carboxylic acids is 2. The lowest BCUT2D eigenvalue weighted by atomic mass is 10.0. The number of rotatable bonds is 2. The highest BCUT2D eigenvalue weighted by molar-refractivity contribution is 5.99. The number of urea groups is 1. The Bertz CT molecular complexity index is 560. The topological polar surface area (TPSA) is 52.7 Å². The van der Waals surface area contributed by atoms with Crippen LogP contribution in [0, 0.1) is 5.82 Å². The molecule has 1 unspecified atom stereocenters. The highest BCUT2D eigenvalue weighted by atomic mass is 19.1. The summed E-state index contributed by atoms with van der Waals surface area (Å²) in [6, 6.07) is 5.29. The van der Waals surface area contributed by atoms with Crippen molar-refractivity contribution in [1.29, 1.82) is 0 Å². The van der Waals surface area contributed by atoms with E-state index in [4.69, 9.17) is 0 Å². The van der Waals surface area contributed by atoms with Crippen molar-refractivity contribution >= 4 is 17.6 Å². The van der Waals surface area contributed by atoms with Crippen molar-refractivity contribution in [3.63, 3.8) is 0 Å². The molecule has 1 aromatic carbocycles. The second-order valence-corrected chi connectivity index (χ2v) is 5.45. The summed E-state index contributed by atoms with van der Waals surface area (Å²) in [6.45, 7) is 2.05. The van der Waals surface area contributed by atoms with Gasteiger partial charge in [0.05, 0.1) is 0 Å². The molecule has 3 rings (SSSR count). The van der Waals surface area contributed by atoms with Gasteiger partial charge in [-0.15, -0.1) is 0 Å². The van der Waals surface area contributed by atoms with Crippen LogP contribution in [0.4, 0.5) is 14.9 Å². The van der Waals surface area contributed by atoms with Gasteiger partial charge < -0.3 is 15.1 Å². The van der Waals surface area contributed by atoms with Gasteiger partial charge in [-0.25, -0.2) is 9.18 Å². The zero-order chi connectivity index (χ0) is 14.8. The van der Waals surface area contributed by atoms with Gasteiger partial charge in [-0.1, -0.05) is 6.07 Å². The van der Waals surface area contributed by atoms with Crippen molar-refractivity contribution in [1.82, 2.24) is 10.2 Å². The van der Waals surface area contributed by atoms with Gasteiger partial charge in [0.1, 0.15) is 11.9 Å². The van der Waals surface area contributed by atoms with Gasteiger partial charge in [-0.3, -0.25) is 4.79 Å². The number of anilines is 1. The molecule has 0 spiro atoms. The van der Waals surface area contributed by atoms with Crippen LogP contribution in [0.25, 0.3) is 0 Å². The molecule has 6 heteroatoms. The molecule has 0 aliphatic carbocycles. The fraction of sp³-hybridized carbons (Fsp3) is 0.467. The van der Waals surface area contributed by atoms with E-state index in [-0.39, 0.29) is 17.8 Å². The van der Waals surface area contributed by atoms with Crippen molar-refractivity contribution < 1.29 is 14.0 Å². The molecule has 3 amide bonds. The zero-order valence-corrected chi connectivity index (χ0v) is 11.7. The van der Waals surface area contributed by atoms with E-state index in [9.17, 15) is 14.0 Å². The van der Waals surface area contributed by atoms with Crippen LogP contribution in [-0.4, -0.2) is 42.5 Å². The van der Waals surface area contributed by atoms with E-state index in [1.165, 1.54) is 12.1 Å². The molecule has 1 N–H and O–H groups in total.